The number of hydrogen-bond donors (Lipinski definition) is 1. The molecule has 1 N–H and O–H groups in total. The minimum absolute atomic E-state index is 0.185. The Morgan fingerprint density at radius 1 is 1.06 bits per heavy atom. The Balaban J connectivity index is 1.14. The van der Waals surface area contributed by atoms with Crippen LogP contribution in [0.5, 0.6) is 0 Å². The molecule has 36 heavy (non-hydrogen) atoms. The van der Waals surface area contributed by atoms with Gasteiger partial charge in [0.15, 0.2) is 0 Å². The third-order valence-electron chi connectivity index (χ3n) is 10.7. The highest BCUT2D eigenvalue weighted by atomic mass is 16.7. The fourth-order valence-electron chi connectivity index (χ4n) is 8.84. The second-order valence-corrected chi connectivity index (χ2v) is 12.4. The highest BCUT2D eigenvalue weighted by Gasteiger charge is 2.59. The Bertz CT molecular complexity index is 1240. The summed E-state index contributed by atoms with van der Waals surface area (Å²) in [6.45, 7) is 6.69. The summed E-state index contributed by atoms with van der Waals surface area (Å²) in [5.74, 6) is 2.42. The maximum absolute atomic E-state index is 12.5. The first-order chi connectivity index (χ1) is 17.3. The van der Waals surface area contributed by atoms with Gasteiger partial charge in [0.2, 0.25) is 0 Å². The summed E-state index contributed by atoms with van der Waals surface area (Å²) in [6.07, 6.45) is 11.3. The van der Waals surface area contributed by atoms with Gasteiger partial charge in [0.1, 0.15) is 5.78 Å². The van der Waals surface area contributed by atoms with E-state index in [-0.39, 0.29) is 29.1 Å². The van der Waals surface area contributed by atoms with E-state index in [1.165, 1.54) is 31.3 Å². The van der Waals surface area contributed by atoms with E-state index in [2.05, 4.69) is 30.1 Å². The normalized spacial score (nSPS) is 36.6. The topological polar surface area (TPSA) is 71.5 Å². The van der Waals surface area contributed by atoms with Crippen LogP contribution in [-0.4, -0.2) is 22.4 Å². The number of allylic oxidation sites excluding steroid dienone is 2. The lowest BCUT2D eigenvalue weighted by Crippen LogP contribution is -2.51. The van der Waals surface area contributed by atoms with Crippen LogP contribution in [0.1, 0.15) is 77.8 Å². The molecule has 1 aromatic carbocycles. The van der Waals surface area contributed by atoms with Crippen molar-refractivity contribution in [3.8, 4) is 0 Å². The van der Waals surface area contributed by atoms with Crippen molar-refractivity contribution in [3.63, 3.8) is 0 Å². The first-order valence-corrected chi connectivity index (χ1v) is 13.8. The number of nitrogens with one attached hydrogen (secondary N) is 1. The highest BCUT2D eigenvalue weighted by Crippen LogP contribution is 2.66. The zero-order valence-corrected chi connectivity index (χ0v) is 21.8. The minimum Gasteiger partial charge on any atom is -0.358 e. The number of carbonyl (C=O) groups excluding carboxylic acids is 2. The summed E-state index contributed by atoms with van der Waals surface area (Å²) >= 11 is 0. The number of H-pyrrole nitrogens is 1. The number of fused-ring (bicyclic) bond motifs is 6. The maximum atomic E-state index is 12.5. The zero-order chi connectivity index (χ0) is 25.1. The van der Waals surface area contributed by atoms with Gasteiger partial charge in [-0.2, -0.15) is 0 Å². The van der Waals surface area contributed by atoms with E-state index >= 15 is 0 Å². The number of hydrogen-bond acceptors (Lipinski definition) is 4. The molecule has 0 radical (unpaired) electrons. The van der Waals surface area contributed by atoms with Crippen molar-refractivity contribution >= 4 is 28.4 Å². The SMILES string of the molecule is CC(=O)C1CCC2C3CCC4=C/C(=N/OC(=O)Cc5cc6ccccc6[nH]5)CCC4(C)C3CCC12C. The first-order valence-electron chi connectivity index (χ1n) is 13.8. The number of aromatic nitrogens is 1. The van der Waals surface area contributed by atoms with Gasteiger partial charge in [-0.05, 0) is 110 Å². The number of carbonyl (C=O) groups is 2. The van der Waals surface area contributed by atoms with Crippen LogP contribution in [0.15, 0.2) is 47.1 Å². The lowest BCUT2D eigenvalue weighted by molar-refractivity contribution is -0.142. The fourth-order valence-corrected chi connectivity index (χ4v) is 8.84. The molecule has 6 rings (SSSR count). The van der Waals surface area contributed by atoms with Crippen LogP contribution >= 0.6 is 0 Å². The summed E-state index contributed by atoms with van der Waals surface area (Å²) in [5, 5.41) is 5.39. The van der Waals surface area contributed by atoms with Gasteiger partial charge in [-0.1, -0.05) is 42.8 Å². The predicted molar refractivity (Wildman–Crippen MR) is 141 cm³/mol. The second-order valence-electron chi connectivity index (χ2n) is 12.4. The largest absolute Gasteiger partial charge is 0.358 e. The number of nitrogens with zero attached hydrogens (tertiary/aromatic N) is 1. The maximum Gasteiger partial charge on any atom is 0.340 e. The molecule has 0 saturated heterocycles. The summed E-state index contributed by atoms with van der Waals surface area (Å²) in [5.41, 5.74) is 4.65. The molecule has 3 saturated carbocycles. The number of para-hydroxylation sites is 1. The molecule has 0 amide bonds. The molecule has 6 unspecified atom stereocenters. The Kier molecular flexibility index (Phi) is 5.73. The fraction of sp³-hybridized carbons (Fsp3) is 0.581. The molecule has 1 heterocycles. The quantitative estimate of drug-likeness (QED) is 0.382. The van der Waals surface area contributed by atoms with Crippen LogP contribution in [0.3, 0.4) is 0 Å². The molecular weight excluding hydrogens is 448 g/mol. The number of Topliss-reactive ketones (excluding diaryl/α,β-unsaturated/α-hetero) is 1. The number of oxime groups is 1. The van der Waals surface area contributed by atoms with Gasteiger partial charge < -0.3 is 9.82 Å². The van der Waals surface area contributed by atoms with E-state index in [1.54, 1.807) is 0 Å². The molecule has 0 spiro atoms. The van der Waals surface area contributed by atoms with Gasteiger partial charge >= 0.3 is 5.97 Å². The molecule has 6 atom stereocenters. The molecule has 0 bridgehead atoms. The Morgan fingerprint density at radius 2 is 1.89 bits per heavy atom. The monoisotopic (exact) mass is 486 g/mol. The van der Waals surface area contributed by atoms with Crippen molar-refractivity contribution in [2.24, 2.45) is 39.7 Å². The Morgan fingerprint density at radius 3 is 2.69 bits per heavy atom. The van der Waals surface area contributed by atoms with E-state index in [4.69, 9.17) is 4.84 Å². The number of aromatic amines is 1. The molecular formula is C31H38N2O3. The van der Waals surface area contributed by atoms with E-state index < -0.39 is 0 Å². The molecule has 5 nitrogen and oxygen atoms in total. The molecule has 1 aromatic heterocycles. The second kappa shape index (κ2) is 8.71. The molecule has 2 aromatic rings. The molecule has 190 valence electrons. The predicted octanol–water partition coefficient (Wildman–Crippen LogP) is 6.78. The van der Waals surface area contributed by atoms with Gasteiger partial charge in [0, 0.05) is 17.1 Å². The van der Waals surface area contributed by atoms with Gasteiger partial charge in [-0.15, -0.1) is 0 Å². The highest BCUT2D eigenvalue weighted by molar-refractivity contribution is 5.96. The standard InChI is InChI=1S/C31H38N2O3/c1-19(34)25-10-11-26-24-9-8-21-17-22(12-14-30(21,2)27(24)13-15-31(25,26)3)33-36-29(35)18-23-16-20-6-4-5-7-28(20)32-23/h4-7,16-17,24-27,32H,8-15,18H2,1-3H3/b33-22+. The molecule has 4 aliphatic carbocycles. The van der Waals surface area contributed by atoms with Crippen LogP contribution in [0, 0.1) is 34.5 Å². The van der Waals surface area contributed by atoms with E-state index in [9.17, 15) is 9.59 Å². The third kappa shape index (κ3) is 3.77. The molecule has 4 aliphatic rings. The number of benzene rings is 1. The summed E-state index contributed by atoms with van der Waals surface area (Å²) < 4.78 is 0. The zero-order valence-electron chi connectivity index (χ0n) is 21.8. The number of rotatable bonds is 4. The van der Waals surface area contributed by atoms with Crippen LogP contribution in [0.4, 0.5) is 0 Å². The lowest BCUT2D eigenvalue weighted by atomic mass is 9.46. The van der Waals surface area contributed by atoms with E-state index in [0.717, 1.165) is 53.9 Å². The van der Waals surface area contributed by atoms with Gasteiger partial charge in [0.05, 0.1) is 12.1 Å². The Labute approximate surface area is 213 Å². The molecule has 0 aliphatic heterocycles. The van der Waals surface area contributed by atoms with Crippen molar-refractivity contribution < 1.29 is 14.4 Å². The van der Waals surface area contributed by atoms with Crippen LogP contribution < -0.4 is 0 Å². The van der Waals surface area contributed by atoms with Gasteiger partial charge in [-0.3, -0.25) is 4.79 Å². The van der Waals surface area contributed by atoms with Crippen molar-refractivity contribution in [2.75, 3.05) is 0 Å². The smallest absolute Gasteiger partial charge is 0.340 e. The summed E-state index contributed by atoms with van der Waals surface area (Å²) in [6, 6.07) is 10.00. The van der Waals surface area contributed by atoms with Crippen LogP contribution in [0.25, 0.3) is 10.9 Å². The molecule has 3 fully saturated rings. The van der Waals surface area contributed by atoms with Crippen molar-refractivity contribution in [1.29, 1.82) is 0 Å². The van der Waals surface area contributed by atoms with Gasteiger partial charge in [-0.25, -0.2) is 4.79 Å². The van der Waals surface area contributed by atoms with Crippen molar-refractivity contribution in [1.82, 2.24) is 4.98 Å². The third-order valence-corrected chi connectivity index (χ3v) is 10.7. The first kappa shape index (κ1) is 23.7. The van der Waals surface area contributed by atoms with Gasteiger partial charge in [0.25, 0.3) is 0 Å². The van der Waals surface area contributed by atoms with Crippen molar-refractivity contribution in [3.05, 3.63) is 47.7 Å². The van der Waals surface area contributed by atoms with Crippen LogP contribution in [-0.2, 0) is 20.8 Å². The molecule has 5 heteroatoms. The average Bonchev–Trinajstić information content (AvgIpc) is 3.42. The van der Waals surface area contributed by atoms with Crippen LogP contribution in [0.2, 0.25) is 0 Å². The summed E-state index contributed by atoms with van der Waals surface area (Å²) in [4.78, 5) is 33.5. The van der Waals surface area contributed by atoms with E-state index in [0.29, 0.717) is 17.6 Å². The Hall–Kier alpha value is -2.69. The summed E-state index contributed by atoms with van der Waals surface area (Å²) in [7, 11) is 0. The average molecular weight is 487 g/mol. The van der Waals surface area contributed by atoms with E-state index in [1.807, 2.05) is 37.3 Å². The lowest BCUT2D eigenvalue weighted by Gasteiger charge is -2.58. The minimum atomic E-state index is -0.336. The number of ketones is 1. The van der Waals surface area contributed by atoms with Crippen molar-refractivity contribution in [2.45, 2.75) is 78.6 Å².